The quantitative estimate of drug-likeness (QED) is 0.572. The summed E-state index contributed by atoms with van der Waals surface area (Å²) in [6, 6.07) is 1.81. The number of hydrogen-bond donors (Lipinski definition) is 3. The van der Waals surface area contributed by atoms with E-state index in [0.29, 0.717) is 18.3 Å². The van der Waals surface area contributed by atoms with Crippen molar-refractivity contribution in [1.29, 1.82) is 0 Å². The molecule has 0 amide bonds. The number of nitrogen functional groups attached to an aromatic ring is 1. The van der Waals surface area contributed by atoms with Gasteiger partial charge in [-0.3, -0.25) is 0 Å². The fourth-order valence-corrected chi connectivity index (χ4v) is 2.44. The molecule has 19 heavy (non-hydrogen) atoms. The second-order valence-electron chi connectivity index (χ2n) is 4.63. The van der Waals surface area contributed by atoms with Gasteiger partial charge in [-0.2, -0.15) is 0 Å². The zero-order valence-electron chi connectivity index (χ0n) is 10.7. The molecule has 7 heteroatoms. The lowest BCUT2D eigenvalue weighted by atomic mass is 10.3. The molecule has 0 saturated heterocycles. The number of nitrogens with zero attached hydrogens (tertiary/aromatic N) is 3. The van der Waals surface area contributed by atoms with E-state index in [-0.39, 0.29) is 0 Å². The third-order valence-corrected chi connectivity index (χ3v) is 3.77. The summed E-state index contributed by atoms with van der Waals surface area (Å²) >= 11 is 1.65. The first-order chi connectivity index (χ1) is 9.24. The van der Waals surface area contributed by atoms with Gasteiger partial charge in [-0.1, -0.05) is 0 Å². The van der Waals surface area contributed by atoms with E-state index in [0.717, 1.165) is 22.3 Å². The number of anilines is 2. The summed E-state index contributed by atoms with van der Waals surface area (Å²) in [6.45, 7) is 2.66. The van der Waals surface area contributed by atoms with Crippen LogP contribution in [-0.4, -0.2) is 15.0 Å². The van der Waals surface area contributed by atoms with Gasteiger partial charge in [0.2, 0.25) is 0 Å². The first kappa shape index (κ1) is 12.3. The molecule has 0 unspecified atom stereocenters. The highest BCUT2D eigenvalue weighted by molar-refractivity contribution is 7.09. The van der Waals surface area contributed by atoms with Crippen LogP contribution in [0.1, 0.15) is 35.3 Å². The molecule has 0 bridgehead atoms. The molecule has 100 valence electrons. The maximum absolute atomic E-state index is 5.44. The van der Waals surface area contributed by atoms with Crippen molar-refractivity contribution in [2.45, 2.75) is 32.2 Å². The number of hydrazine groups is 1. The molecular weight excluding hydrogens is 260 g/mol. The van der Waals surface area contributed by atoms with Crippen LogP contribution in [0.25, 0.3) is 0 Å². The maximum Gasteiger partial charge on any atom is 0.145 e. The fourth-order valence-electron chi connectivity index (χ4n) is 1.83. The summed E-state index contributed by atoms with van der Waals surface area (Å²) in [5.41, 5.74) is 3.61. The molecule has 2 aromatic rings. The van der Waals surface area contributed by atoms with Crippen molar-refractivity contribution in [2.24, 2.45) is 5.84 Å². The molecule has 2 aromatic heterocycles. The second kappa shape index (κ2) is 5.10. The van der Waals surface area contributed by atoms with Gasteiger partial charge < -0.3 is 10.7 Å². The monoisotopic (exact) mass is 276 g/mol. The smallest absolute Gasteiger partial charge is 0.145 e. The van der Waals surface area contributed by atoms with Gasteiger partial charge in [0, 0.05) is 17.4 Å². The van der Waals surface area contributed by atoms with Crippen LogP contribution in [0, 0.1) is 6.92 Å². The Morgan fingerprint density at radius 2 is 2.11 bits per heavy atom. The first-order valence-corrected chi connectivity index (χ1v) is 7.13. The highest BCUT2D eigenvalue weighted by Gasteiger charge is 2.27. The van der Waals surface area contributed by atoms with E-state index in [9.17, 15) is 0 Å². The third-order valence-electron chi connectivity index (χ3n) is 2.95. The van der Waals surface area contributed by atoms with Crippen molar-refractivity contribution in [3.05, 3.63) is 28.0 Å². The molecule has 2 heterocycles. The molecular formula is C12H16N6S. The zero-order valence-corrected chi connectivity index (χ0v) is 11.5. The van der Waals surface area contributed by atoms with Crippen LogP contribution in [0.4, 0.5) is 11.6 Å². The molecule has 0 atom stereocenters. The Kier molecular flexibility index (Phi) is 3.31. The number of hydrogen-bond acceptors (Lipinski definition) is 7. The minimum Gasteiger partial charge on any atom is -0.364 e. The number of aromatic nitrogens is 3. The molecule has 6 nitrogen and oxygen atoms in total. The summed E-state index contributed by atoms with van der Waals surface area (Å²) in [5, 5.41) is 6.39. The molecule has 1 aliphatic carbocycles. The number of thiazole rings is 1. The van der Waals surface area contributed by atoms with Crippen molar-refractivity contribution in [1.82, 2.24) is 15.0 Å². The highest BCUT2D eigenvalue weighted by atomic mass is 32.1. The Balaban J connectivity index is 1.74. The molecule has 0 radical (unpaired) electrons. The Bertz CT molecular complexity index is 577. The number of aryl methyl sites for hydroxylation is 1. The van der Waals surface area contributed by atoms with Crippen molar-refractivity contribution < 1.29 is 0 Å². The lowest BCUT2D eigenvalue weighted by molar-refractivity contribution is 0.916. The van der Waals surface area contributed by atoms with Crippen molar-refractivity contribution in [2.75, 3.05) is 10.7 Å². The predicted octanol–water partition coefficient (Wildman–Crippen LogP) is 2.02. The molecule has 0 aliphatic heterocycles. The molecule has 1 saturated carbocycles. The van der Waals surface area contributed by atoms with E-state index in [1.165, 1.54) is 12.8 Å². The minimum absolute atomic E-state index is 0.496. The van der Waals surface area contributed by atoms with Crippen LogP contribution in [-0.2, 0) is 6.54 Å². The Labute approximate surface area is 115 Å². The highest BCUT2D eigenvalue weighted by Crippen LogP contribution is 2.38. The molecule has 0 spiro atoms. The Hall–Kier alpha value is -1.73. The van der Waals surface area contributed by atoms with E-state index in [1.807, 2.05) is 18.4 Å². The first-order valence-electron chi connectivity index (χ1n) is 6.25. The van der Waals surface area contributed by atoms with Gasteiger partial charge in [0.1, 0.15) is 17.5 Å². The predicted molar refractivity (Wildman–Crippen MR) is 76.0 cm³/mol. The average Bonchev–Trinajstić information content (AvgIpc) is 3.19. The second-order valence-corrected chi connectivity index (χ2v) is 5.69. The van der Waals surface area contributed by atoms with E-state index in [1.54, 1.807) is 11.3 Å². The van der Waals surface area contributed by atoms with E-state index >= 15 is 0 Å². The zero-order chi connectivity index (χ0) is 13.2. The molecule has 3 rings (SSSR count). The molecule has 1 fully saturated rings. The van der Waals surface area contributed by atoms with E-state index < -0.39 is 0 Å². The van der Waals surface area contributed by atoms with Crippen LogP contribution in [0.3, 0.4) is 0 Å². The van der Waals surface area contributed by atoms with Gasteiger partial charge in [0.15, 0.2) is 0 Å². The van der Waals surface area contributed by atoms with Crippen LogP contribution in [0.5, 0.6) is 0 Å². The Morgan fingerprint density at radius 3 is 2.74 bits per heavy atom. The molecule has 4 N–H and O–H groups in total. The van der Waals surface area contributed by atoms with E-state index in [2.05, 4.69) is 25.7 Å². The average molecular weight is 276 g/mol. The number of rotatable bonds is 5. The standard InChI is InChI=1S/C12H16N6S/c1-7-15-9(6-19-7)5-14-10-4-11(18-13)17-12(16-10)8-2-3-8/h4,6,8H,2-3,5,13H2,1H3,(H2,14,16,17,18). The van der Waals surface area contributed by atoms with Gasteiger partial charge in [0.05, 0.1) is 17.2 Å². The van der Waals surface area contributed by atoms with Gasteiger partial charge in [0.25, 0.3) is 0 Å². The van der Waals surface area contributed by atoms with Crippen LogP contribution in [0.15, 0.2) is 11.4 Å². The summed E-state index contributed by atoms with van der Waals surface area (Å²) in [4.78, 5) is 13.3. The Morgan fingerprint density at radius 1 is 1.32 bits per heavy atom. The van der Waals surface area contributed by atoms with Gasteiger partial charge in [-0.05, 0) is 19.8 Å². The van der Waals surface area contributed by atoms with Crippen LogP contribution in [0.2, 0.25) is 0 Å². The summed E-state index contributed by atoms with van der Waals surface area (Å²) in [6.07, 6.45) is 2.33. The topological polar surface area (TPSA) is 88.8 Å². The third kappa shape index (κ3) is 2.99. The van der Waals surface area contributed by atoms with Crippen LogP contribution >= 0.6 is 11.3 Å². The summed E-state index contributed by atoms with van der Waals surface area (Å²) in [7, 11) is 0. The fraction of sp³-hybridized carbons (Fsp3) is 0.417. The number of nitrogens with two attached hydrogens (primary N) is 1. The molecule has 1 aliphatic rings. The molecule has 0 aromatic carbocycles. The van der Waals surface area contributed by atoms with Crippen molar-refractivity contribution in [3.63, 3.8) is 0 Å². The van der Waals surface area contributed by atoms with Gasteiger partial charge in [-0.25, -0.2) is 20.8 Å². The van der Waals surface area contributed by atoms with Crippen molar-refractivity contribution in [3.8, 4) is 0 Å². The van der Waals surface area contributed by atoms with E-state index in [4.69, 9.17) is 5.84 Å². The summed E-state index contributed by atoms with van der Waals surface area (Å²) in [5.74, 6) is 8.24. The van der Waals surface area contributed by atoms with Gasteiger partial charge in [-0.15, -0.1) is 11.3 Å². The van der Waals surface area contributed by atoms with Crippen LogP contribution < -0.4 is 16.6 Å². The normalized spacial score (nSPS) is 14.4. The lowest BCUT2D eigenvalue weighted by Gasteiger charge is -2.08. The lowest BCUT2D eigenvalue weighted by Crippen LogP contribution is -2.12. The largest absolute Gasteiger partial charge is 0.364 e. The number of nitrogens with one attached hydrogen (secondary N) is 2. The summed E-state index contributed by atoms with van der Waals surface area (Å²) < 4.78 is 0. The SMILES string of the molecule is Cc1nc(CNc2cc(NN)nc(C3CC3)n2)cs1. The van der Waals surface area contributed by atoms with Crippen molar-refractivity contribution >= 4 is 23.0 Å². The minimum atomic E-state index is 0.496. The van der Waals surface area contributed by atoms with Gasteiger partial charge >= 0.3 is 0 Å². The maximum atomic E-state index is 5.44.